The molecule has 0 radical (unpaired) electrons. The Hall–Kier alpha value is -2.41. The van der Waals surface area contributed by atoms with Crippen LogP contribution in [0.15, 0.2) is 47.4 Å². The normalized spacial score (nSPS) is 11.7. The molecule has 1 atom stereocenters. The van der Waals surface area contributed by atoms with E-state index in [9.17, 15) is 13.8 Å². The molecular formula is C19H23NO5S. The van der Waals surface area contributed by atoms with Gasteiger partial charge in [-0.05, 0) is 12.0 Å². The lowest BCUT2D eigenvalue weighted by atomic mass is 10.2. The maximum Gasteiger partial charge on any atom is 0.318 e. The lowest BCUT2D eigenvalue weighted by Crippen LogP contribution is -2.18. The zero-order valence-electron chi connectivity index (χ0n) is 14.7. The second kappa shape index (κ2) is 10.6. The van der Waals surface area contributed by atoms with E-state index in [2.05, 4.69) is 4.98 Å². The third kappa shape index (κ3) is 6.84. The SMILES string of the molecule is CCCOc1c[nH]c(CS(=O)CC(=O)OCCc2ccccc2)cc1=O. The third-order valence-electron chi connectivity index (χ3n) is 3.49. The second-order valence-electron chi connectivity index (χ2n) is 5.72. The van der Waals surface area contributed by atoms with Crippen molar-refractivity contribution in [1.29, 1.82) is 0 Å². The average Bonchev–Trinajstić information content (AvgIpc) is 2.62. The van der Waals surface area contributed by atoms with Crippen LogP contribution in [0.4, 0.5) is 0 Å². The van der Waals surface area contributed by atoms with Gasteiger partial charge in [0, 0.05) is 35.2 Å². The summed E-state index contributed by atoms with van der Waals surface area (Å²) in [5, 5.41) is 0. The van der Waals surface area contributed by atoms with E-state index in [4.69, 9.17) is 9.47 Å². The summed E-state index contributed by atoms with van der Waals surface area (Å²) in [6.45, 7) is 2.66. The molecule has 140 valence electrons. The van der Waals surface area contributed by atoms with Gasteiger partial charge in [0.2, 0.25) is 5.43 Å². The van der Waals surface area contributed by atoms with Crippen molar-refractivity contribution in [1.82, 2.24) is 4.98 Å². The van der Waals surface area contributed by atoms with E-state index in [1.807, 2.05) is 37.3 Å². The molecule has 0 fully saturated rings. The van der Waals surface area contributed by atoms with Crippen LogP contribution in [-0.4, -0.2) is 34.1 Å². The molecule has 0 saturated carbocycles. The molecule has 1 N–H and O–H groups in total. The van der Waals surface area contributed by atoms with E-state index in [1.165, 1.54) is 12.3 Å². The summed E-state index contributed by atoms with van der Waals surface area (Å²) in [7, 11) is -1.45. The molecule has 0 spiro atoms. The second-order valence-corrected chi connectivity index (χ2v) is 7.18. The summed E-state index contributed by atoms with van der Waals surface area (Å²) < 4.78 is 22.5. The van der Waals surface area contributed by atoms with Crippen LogP contribution in [0, 0.1) is 0 Å². The molecule has 0 bridgehead atoms. The van der Waals surface area contributed by atoms with Gasteiger partial charge in [-0.1, -0.05) is 37.3 Å². The van der Waals surface area contributed by atoms with Crippen molar-refractivity contribution in [3.63, 3.8) is 0 Å². The smallest absolute Gasteiger partial charge is 0.318 e. The lowest BCUT2D eigenvalue weighted by molar-refractivity contribution is -0.140. The van der Waals surface area contributed by atoms with Crippen molar-refractivity contribution in [2.75, 3.05) is 19.0 Å². The molecule has 1 aromatic carbocycles. The summed E-state index contributed by atoms with van der Waals surface area (Å²) >= 11 is 0. The highest BCUT2D eigenvalue weighted by atomic mass is 32.2. The van der Waals surface area contributed by atoms with Crippen molar-refractivity contribution in [2.24, 2.45) is 0 Å². The maximum absolute atomic E-state index is 12.1. The van der Waals surface area contributed by atoms with E-state index in [1.54, 1.807) is 0 Å². The Morgan fingerprint density at radius 3 is 2.65 bits per heavy atom. The minimum absolute atomic E-state index is 0.0804. The lowest BCUT2D eigenvalue weighted by Gasteiger charge is -2.07. The van der Waals surface area contributed by atoms with Gasteiger partial charge >= 0.3 is 5.97 Å². The van der Waals surface area contributed by atoms with Crippen molar-refractivity contribution in [3.8, 4) is 5.75 Å². The number of esters is 1. The van der Waals surface area contributed by atoms with Gasteiger partial charge in [-0.2, -0.15) is 0 Å². The topological polar surface area (TPSA) is 85.5 Å². The summed E-state index contributed by atoms with van der Waals surface area (Å²) in [6, 6.07) is 11.0. The molecule has 6 nitrogen and oxygen atoms in total. The van der Waals surface area contributed by atoms with Crippen LogP contribution in [0.3, 0.4) is 0 Å². The fraction of sp³-hybridized carbons (Fsp3) is 0.368. The molecule has 2 aromatic rings. The molecule has 2 rings (SSSR count). The largest absolute Gasteiger partial charge is 0.488 e. The Morgan fingerprint density at radius 2 is 1.96 bits per heavy atom. The van der Waals surface area contributed by atoms with Gasteiger partial charge in [0.05, 0.1) is 19.0 Å². The fourth-order valence-corrected chi connectivity index (χ4v) is 3.20. The van der Waals surface area contributed by atoms with Crippen LogP contribution in [0.25, 0.3) is 0 Å². The monoisotopic (exact) mass is 377 g/mol. The number of H-pyrrole nitrogens is 1. The number of aromatic amines is 1. The molecule has 0 aliphatic carbocycles. The maximum atomic E-state index is 12.1. The molecule has 1 heterocycles. The zero-order valence-corrected chi connectivity index (χ0v) is 15.6. The first-order chi connectivity index (χ1) is 12.6. The minimum Gasteiger partial charge on any atom is -0.488 e. The first-order valence-electron chi connectivity index (χ1n) is 8.47. The Morgan fingerprint density at radius 1 is 1.19 bits per heavy atom. The van der Waals surface area contributed by atoms with Gasteiger partial charge < -0.3 is 14.5 Å². The van der Waals surface area contributed by atoms with Crippen LogP contribution >= 0.6 is 0 Å². The van der Waals surface area contributed by atoms with Crippen LogP contribution in [-0.2, 0) is 32.5 Å². The van der Waals surface area contributed by atoms with Crippen molar-refractivity contribution < 1.29 is 18.5 Å². The quantitative estimate of drug-likeness (QED) is 0.642. The number of aromatic nitrogens is 1. The van der Waals surface area contributed by atoms with E-state index in [0.717, 1.165) is 12.0 Å². The van der Waals surface area contributed by atoms with Crippen LogP contribution in [0.5, 0.6) is 5.75 Å². The highest BCUT2D eigenvalue weighted by Gasteiger charge is 2.12. The van der Waals surface area contributed by atoms with E-state index in [0.29, 0.717) is 18.7 Å². The molecule has 0 aliphatic heterocycles. The number of hydrogen-bond donors (Lipinski definition) is 1. The number of hydrogen-bond acceptors (Lipinski definition) is 5. The predicted molar refractivity (Wildman–Crippen MR) is 101 cm³/mol. The first-order valence-corrected chi connectivity index (χ1v) is 9.96. The Balaban J connectivity index is 1.76. The minimum atomic E-state index is -1.45. The van der Waals surface area contributed by atoms with E-state index < -0.39 is 16.8 Å². The number of nitrogens with one attached hydrogen (secondary N) is 1. The van der Waals surface area contributed by atoms with E-state index >= 15 is 0 Å². The number of carbonyl (C=O) groups excluding carboxylic acids is 1. The zero-order chi connectivity index (χ0) is 18.8. The summed E-state index contributed by atoms with van der Waals surface area (Å²) in [5.74, 6) is -0.395. The highest BCUT2D eigenvalue weighted by Crippen LogP contribution is 2.05. The van der Waals surface area contributed by atoms with Gasteiger partial charge in [-0.15, -0.1) is 0 Å². The summed E-state index contributed by atoms with van der Waals surface area (Å²) in [4.78, 5) is 26.5. The van der Waals surface area contributed by atoms with Gasteiger partial charge in [0.15, 0.2) is 5.75 Å². The molecule has 26 heavy (non-hydrogen) atoms. The number of rotatable bonds is 10. The van der Waals surface area contributed by atoms with Crippen LogP contribution in [0.1, 0.15) is 24.6 Å². The number of carbonyl (C=O) groups is 1. The van der Waals surface area contributed by atoms with E-state index in [-0.39, 0.29) is 29.3 Å². The number of pyridine rings is 1. The Labute approximate surface area is 155 Å². The standard InChI is InChI=1S/C19H23NO5S/c1-2-9-24-18-12-20-16(11-17(18)21)13-26(23)14-19(22)25-10-8-15-6-4-3-5-7-15/h3-7,11-12H,2,8-10,13-14H2,1H3,(H,20,21). The van der Waals surface area contributed by atoms with Gasteiger partial charge in [0.25, 0.3) is 0 Å². The summed E-state index contributed by atoms with van der Waals surface area (Å²) in [5.41, 5.74) is 1.30. The molecular weight excluding hydrogens is 354 g/mol. The van der Waals surface area contributed by atoms with Crippen molar-refractivity contribution in [3.05, 3.63) is 64.1 Å². The van der Waals surface area contributed by atoms with Crippen LogP contribution in [0.2, 0.25) is 0 Å². The number of benzene rings is 1. The van der Waals surface area contributed by atoms with Crippen molar-refractivity contribution in [2.45, 2.75) is 25.5 Å². The average molecular weight is 377 g/mol. The predicted octanol–water partition coefficient (Wildman–Crippen LogP) is 2.20. The van der Waals surface area contributed by atoms with Gasteiger partial charge in [-0.25, -0.2) is 0 Å². The summed E-state index contributed by atoms with van der Waals surface area (Å²) in [6.07, 6.45) is 2.88. The molecule has 7 heteroatoms. The number of ether oxygens (including phenoxy) is 2. The Bertz CT molecular complexity index is 788. The Kier molecular flexibility index (Phi) is 8.08. The molecule has 1 unspecified atom stereocenters. The highest BCUT2D eigenvalue weighted by molar-refractivity contribution is 7.84. The van der Waals surface area contributed by atoms with Gasteiger partial charge in [0.1, 0.15) is 5.75 Å². The molecule has 1 aromatic heterocycles. The first kappa shape index (κ1) is 19.9. The molecule has 0 amide bonds. The van der Waals surface area contributed by atoms with Crippen molar-refractivity contribution >= 4 is 16.8 Å². The van der Waals surface area contributed by atoms with Gasteiger partial charge in [-0.3, -0.25) is 13.8 Å². The fourth-order valence-electron chi connectivity index (χ4n) is 2.23. The van der Waals surface area contributed by atoms with Crippen LogP contribution < -0.4 is 10.2 Å². The third-order valence-corrected chi connectivity index (χ3v) is 4.68. The molecule has 0 saturated heterocycles. The molecule has 0 aliphatic rings.